The van der Waals surface area contributed by atoms with Gasteiger partial charge in [0.1, 0.15) is 5.82 Å². The maximum Gasteiger partial charge on any atom is 0.323 e. The Kier molecular flexibility index (Phi) is 4.09. The fourth-order valence-electron chi connectivity index (χ4n) is 1.46. The van der Waals surface area contributed by atoms with Crippen LogP contribution in [0.25, 0.3) is 0 Å². The molecular weight excluding hydrogens is 261 g/mol. The van der Waals surface area contributed by atoms with Crippen molar-refractivity contribution in [3.8, 4) is 0 Å². The van der Waals surface area contributed by atoms with Crippen LogP contribution < -0.4 is 15.5 Å². The third-order valence-electron chi connectivity index (χ3n) is 2.42. The fourth-order valence-corrected chi connectivity index (χ4v) is 1.46. The minimum absolute atomic E-state index is 0.107. The van der Waals surface area contributed by atoms with Crippen molar-refractivity contribution in [1.29, 1.82) is 0 Å². The van der Waals surface area contributed by atoms with Crippen molar-refractivity contribution in [2.45, 2.75) is 0 Å². The van der Waals surface area contributed by atoms with E-state index in [2.05, 4.69) is 20.6 Å². The SMILES string of the molecule is CN(C)c1ncc(NC(=O)Nc2ccccc2F)cn1. The van der Waals surface area contributed by atoms with Crippen molar-refractivity contribution >= 4 is 23.4 Å². The smallest absolute Gasteiger partial charge is 0.323 e. The molecule has 0 fully saturated rings. The number of carbonyl (C=O) groups excluding carboxylic acids is 1. The molecule has 0 bridgehead atoms. The second kappa shape index (κ2) is 5.96. The molecule has 20 heavy (non-hydrogen) atoms. The van der Waals surface area contributed by atoms with Gasteiger partial charge in [-0.1, -0.05) is 12.1 Å². The van der Waals surface area contributed by atoms with Gasteiger partial charge in [0, 0.05) is 14.1 Å². The summed E-state index contributed by atoms with van der Waals surface area (Å²) < 4.78 is 13.4. The highest BCUT2D eigenvalue weighted by Crippen LogP contribution is 2.13. The predicted octanol–water partition coefficient (Wildman–Crippen LogP) is 2.33. The van der Waals surface area contributed by atoms with Gasteiger partial charge < -0.3 is 15.5 Å². The van der Waals surface area contributed by atoms with E-state index in [0.29, 0.717) is 11.6 Å². The van der Waals surface area contributed by atoms with Crippen molar-refractivity contribution in [2.75, 3.05) is 29.6 Å². The van der Waals surface area contributed by atoms with Crippen LogP contribution in [0.3, 0.4) is 0 Å². The molecule has 104 valence electrons. The number of urea groups is 1. The topological polar surface area (TPSA) is 70.2 Å². The molecule has 0 radical (unpaired) electrons. The van der Waals surface area contributed by atoms with E-state index >= 15 is 0 Å². The molecule has 2 amide bonds. The van der Waals surface area contributed by atoms with Crippen molar-refractivity contribution in [3.63, 3.8) is 0 Å². The molecule has 0 spiro atoms. The van der Waals surface area contributed by atoms with Gasteiger partial charge in [0.25, 0.3) is 0 Å². The van der Waals surface area contributed by atoms with E-state index in [0.717, 1.165) is 0 Å². The number of para-hydroxylation sites is 1. The first-order chi connectivity index (χ1) is 9.56. The highest BCUT2D eigenvalue weighted by Gasteiger charge is 2.07. The lowest BCUT2D eigenvalue weighted by atomic mass is 10.3. The minimum Gasteiger partial charge on any atom is -0.347 e. The van der Waals surface area contributed by atoms with Crippen LogP contribution in [-0.2, 0) is 0 Å². The number of rotatable bonds is 3. The summed E-state index contributed by atoms with van der Waals surface area (Å²) >= 11 is 0. The van der Waals surface area contributed by atoms with Gasteiger partial charge in [-0.15, -0.1) is 0 Å². The molecule has 2 aromatic rings. The Morgan fingerprint density at radius 1 is 1.15 bits per heavy atom. The zero-order valence-corrected chi connectivity index (χ0v) is 11.1. The number of carbonyl (C=O) groups is 1. The molecule has 0 saturated carbocycles. The average molecular weight is 275 g/mol. The second-order valence-corrected chi connectivity index (χ2v) is 4.23. The Balaban J connectivity index is 1.99. The summed E-state index contributed by atoms with van der Waals surface area (Å²) in [6.45, 7) is 0. The summed E-state index contributed by atoms with van der Waals surface area (Å²) in [7, 11) is 3.63. The minimum atomic E-state index is -0.559. The van der Waals surface area contributed by atoms with Crippen LogP contribution in [0, 0.1) is 5.82 Å². The van der Waals surface area contributed by atoms with Crippen LogP contribution >= 0.6 is 0 Å². The Labute approximate surface area is 115 Å². The summed E-state index contributed by atoms with van der Waals surface area (Å²) in [5, 5.41) is 4.93. The number of hydrogen-bond acceptors (Lipinski definition) is 4. The highest BCUT2D eigenvalue weighted by molar-refractivity contribution is 5.99. The van der Waals surface area contributed by atoms with Crippen molar-refractivity contribution in [1.82, 2.24) is 9.97 Å². The fraction of sp³-hybridized carbons (Fsp3) is 0.154. The predicted molar refractivity (Wildman–Crippen MR) is 75.4 cm³/mol. The van der Waals surface area contributed by atoms with E-state index in [1.165, 1.54) is 24.5 Å². The lowest BCUT2D eigenvalue weighted by Crippen LogP contribution is -2.20. The number of nitrogens with zero attached hydrogens (tertiary/aromatic N) is 3. The van der Waals surface area contributed by atoms with Gasteiger partial charge in [-0.25, -0.2) is 19.2 Å². The number of nitrogens with one attached hydrogen (secondary N) is 2. The summed E-state index contributed by atoms with van der Waals surface area (Å²) in [5.41, 5.74) is 0.528. The normalized spacial score (nSPS) is 9.95. The molecule has 0 aliphatic carbocycles. The van der Waals surface area contributed by atoms with Gasteiger partial charge in [-0.2, -0.15) is 0 Å². The zero-order valence-electron chi connectivity index (χ0n) is 11.1. The molecule has 0 aliphatic rings. The zero-order chi connectivity index (χ0) is 14.5. The maximum absolute atomic E-state index is 13.4. The first kappa shape index (κ1) is 13.7. The molecular formula is C13H14FN5O. The largest absolute Gasteiger partial charge is 0.347 e. The molecule has 6 nitrogen and oxygen atoms in total. The molecule has 1 aromatic heterocycles. The number of halogens is 1. The summed E-state index contributed by atoms with van der Waals surface area (Å²) in [6.07, 6.45) is 2.95. The molecule has 0 aliphatic heterocycles. The summed E-state index contributed by atoms with van der Waals surface area (Å²) in [4.78, 5) is 21.5. The molecule has 0 unspecified atom stereocenters. The van der Waals surface area contributed by atoms with Gasteiger partial charge in [0.2, 0.25) is 5.95 Å². The molecule has 2 N–H and O–H groups in total. The lowest BCUT2D eigenvalue weighted by Gasteiger charge is -2.11. The van der Waals surface area contributed by atoms with E-state index < -0.39 is 11.8 Å². The lowest BCUT2D eigenvalue weighted by molar-refractivity contribution is 0.262. The van der Waals surface area contributed by atoms with Crippen LogP contribution in [0.5, 0.6) is 0 Å². The quantitative estimate of drug-likeness (QED) is 0.902. The van der Waals surface area contributed by atoms with E-state index in [9.17, 15) is 9.18 Å². The Bertz CT molecular complexity index is 600. The number of benzene rings is 1. The highest BCUT2D eigenvalue weighted by atomic mass is 19.1. The van der Waals surface area contributed by atoms with Crippen LogP contribution in [0.4, 0.5) is 26.5 Å². The van der Waals surface area contributed by atoms with Gasteiger partial charge in [-0.05, 0) is 12.1 Å². The Morgan fingerprint density at radius 3 is 2.40 bits per heavy atom. The van der Waals surface area contributed by atoms with Crippen LogP contribution in [-0.4, -0.2) is 30.1 Å². The number of anilines is 3. The Morgan fingerprint density at radius 2 is 1.80 bits per heavy atom. The van der Waals surface area contributed by atoms with Crippen molar-refractivity contribution in [3.05, 3.63) is 42.5 Å². The molecule has 0 atom stereocenters. The molecule has 0 saturated heterocycles. The molecule has 1 aromatic carbocycles. The average Bonchev–Trinajstić information content (AvgIpc) is 2.42. The van der Waals surface area contributed by atoms with E-state index in [-0.39, 0.29) is 5.69 Å². The first-order valence-corrected chi connectivity index (χ1v) is 5.88. The summed E-state index contributed by atoms with van der Waals surface area (Å²) in [6, 6.07) is 5.36. The standard InChI is InChI=1S/C13H14FN5O/c1-19(2)12-15-7-9(8-16-12)17-13(20)18-11-6-4-3-5-10(11)14/h3-8H,1-2H3,(H2,17,18,20). The molecule has 1 heterocycles. The van der Waals surface area contributed by atoms with E-state index in [4.69, 9.17) is 0 Å². The number of aromatic nitrogens is 2. The van der Waals surface area contributed by atoms with Gasteiger partial charge >= 0.3 is 6.03 Å². The number of hydrogen-bond donors (Lipinski definition) is 2. The van der Waals surface area contributed by atoms with Crippen LogP contribution in [0.15, 0.2) is 36.7 Å². The summed E-state index contributed by atoms with van der Waals surface area (Å²) in [5.74, 6) is 0.0342. The van der Waals surface area contributed by atoms with E-state index in [1.54, 1.807) is 17.0 Å². The van der Waals surface area contributed by atoms with Crippen molar-refractivity contribution < 1.29 is 9.18 Å². The van der Waals surface area contributed by atoms with E-state index in [1.807, 2.05) is 14.1 Å². The second-order valence-electron chi connectivity index (χ2n) is 4.23. The first-order valence-electron chi connectivity index (χ1n) is 5.88. The maximum atomic E-state index is 13.4. The third-order valence-corrected chi connectivity index (χ3v) is 2.42. The third kappa shape index (κ3) is 3.41. The molecule has 2 rings (SSSR count). The number of amides is 2. The van der Waals surface area contributed by atoms with Gasteiger partial charge in [0.05, 0.1) is 23.8 Å². The monoisotopic (exact) mass is 275 g/mol. The molecule has 7 heteroatoms. The van der Waals surface area contributed by atoms with Crippen LogP contribution in [0.2, 0.25) is 0 Å². The Hall–Kier alpha value is -2.70. The van der Waals surface area contributed by atoms with Crippen molar-refractivity contribution in [2.24, 2.45) is 0 Å². The van der Waals surface area contributed by atoms with Crippen LogP contribution in [0.1, 0.15) is 0 Å². The van der Waals surface area contributed by atoms with Gasteiger partial charge in [0.15, 0.2) is 0 Å². The van der Waals surface area contributed by atoms with Gasteiger partial charge in [-0.3, -0.25) is 0 Å².